The number of ether oxygens (including phenoxy) is 2. The van der Waals surface area contributed by atoms with Gasteiger partial charge in [-0.05, 0) is 48.1 Å². The van der Waals surface area contributed by atoms with Gasteiger partial charge in [-0.3, -0.25) is 4.90 Å². The molecule has 0 saturated carbocycles. The smallest absolute Gasteiger partial charge is 0.231 e. The fraction of sp³-hybridized carbons (Fsp3) is 0.600. The molecule has 4 aliphatic heterocycles. The second-order valence-electron chi connectivity index (χ2n) is 5.70. The minimum Gasteiger partial charge on any atom is -0.454 e. The summed E-state index contributed by atoms with van der Waals surface area (Å²) in [5.41, 5.74) is 2.98. The third-order valence-corrected chi connectivity index (χ3v) is 4.77. The highest BCUT2D eigenvalue weighted by atomic mass is 16.7. The lowest BCUT2D eigenvalue weighted by Gasteiger charge is -2.34. The van der Waals surface area contributed by atoms with E-state index in [9.17, 15) is 0 Å². The van der Waals surface area contributed by atoms with E-state index in [1.807, 2.05) is 0 Å². The molecule has 96 valence electrons. The molecule has 4 heterocycles. The van der Waals surface area contributed by atoms with Crippen molar-refractivity contribution in [1.82, 2.24) is 4.90 Å². The monoisotopic (exact) mass is 245 g/mol. The van der Waals surface area contributed by atoms with Crippen molar-refractivity contribution in [2.45, 2.75) is 32.2 Å². The van der Waals surface area contributed by atoms with Crippen LogP contribution in [0.5, 0.6) is 11.5 Å². The van der Waals surface area contributed by atoms with Crippen molar-refractivity contribution in [3.05, 3.63) is 23.3 Å². The number of benzene rings is 1. The van der Waals surface area contributed by atoms with Gasteiger partial charge < -0.3 is 9.47 Å². The summed E-state index contributed by atoms with van der Waals surface area (Å²) in [7, 11) is 0. The number of hydrogen-bond acceptors (Lipinski definition) is 3. The summed E-state index contributed by atoms with van der Waals surface area (Å²) in [4.78, 5) is 2.60. The van der Waals surface area contributed by atoms with Crippen molar-refractivity contribution in [2.24, 2.45) is 5.92 Å². The van der Waals surface area contributed by atoms with Crippen molar-refractivity contribution >= 4 is 0 Å². The van der Waals surface area contributed by atoms with Gasteiger partial charge in [0, 0.05) is 13.1 Å². The molecule has 1 fully saturated rings. The van der Waals surface area contributed by atoms with Crippen LogP contribution in [0.4, 0.5) is 0 Å². The third-order valence-electron chi connectivity index (χ3n) is 4.77. The summed E-state index contributed by atoms with van der Waals surface area (Å²) in [5, 5.41) is 0. The molecule has 0 aliphatic carbocycles. The number of rotatable bonds is 1. The molecule has 3 nitrogen and oxygen atoms in total. The highest BCUT2D eigenvalue weighted by Gasteiger charge is 2.35. The second-order valence-corrected chi connectivity index (χ2v) is 5.70. The maximum atomic E-state index is 5.54. The lowest BCUT2D eigenvalue weighted by molar-refractivity contribution is 0.158. The van der Waals surface area contributed by atoms with Gasteiger partial charge in [0.05, 0.1) is 0 Å². The van der Waals surface area contributed by atoms with Crippen molar-refractivity contribution in [3.8, 4) is 11.5 Å². The third kappa shape index (κ3) is 1.46. The highest BCUT2D eigenvalue weighted by molar-refractivity contribution is 5.50. The van der Waals surface area contributed by atoms with Crippen LogP contribution in [0.15, 0.2) is 12.1 Å². The van der Waals surface area contributed by atoms with Gasteiger partial charge in [-0.25, -0.2) is 0 Å². The molecule has 0 N–H and O–H groups in total. The van der Waals surface area contributed by atoms with Crippen LogP contribution >= 0.6 is 0 Å². The van der Waals surface area contributed by atoms with Gasteiger partial charge in [0.1, 0.15) is 0 Å². The molecule has 3 atom stereocenters. The first kappa shape index (κ1) is 10.7. The lowest BCUT2D eigenvalue weighted by Crippen LogP contribution is -2.35. The zero-order chi connectivity index (χ0) is 12.1. The SMILES string of the molecule is CC[C@@H]1CN2CC[C@@H]1c1cc3c(cc1C2)OCO3. The van der Waals surface area contributed by atoms with Gasteiger partial charge in [-0.15, -0.1) is 0 Å². The summed E-state index contributed by atoms with van der Waals surface area (Å²) in [6.45, 7) is 6.27. The zero-order valence-corrected chi connectivity index (χ0v) is 10.8. The van der Waals surface area contributed by atoms with E-state index in [1.54, 1.807) is 0 Å². The minimum absolute atomic E-state index is 0.379. The van der Waals surface area contributed by atoms with Gasteiger partial charge in [0.15, 0.2) is 11.5 Å². The minimum atomic E-state index is 0.379. The van der Waals surface area contributed by atoms with Gasteiger partial charge in [0.25, 0.3) is 0 Å². The number of hydrogen-bond donors (Lipinski definition) is 0. The Hall–Kier alpha value is -1.22. The Morgan fingerprint density at radius 1 is 1.28 bits per heavy atom. The normalized spacial score (nSPS) is 32.2. The van der Waals surface area contributed by atoms with E-state index in [0.717, 1.165) is 29.9 Å². The van der Waals surface area contributed by atoms with Crippen molar-refractivity contribution in [2.75, 3.05) is 19.9 Å². The van der Waals surface area contributed by atoms with Crippen LogP contribution in [-0.4, -0.2) is 24.8 Å². The Bertz CT molecular complexity index is 486. The van der Waals surface area contributed by atoms with E-state index >= 15 is 0 Å². The zero-order valence-electron chi connectivity index (χ0n) is 10.8. The second kappa shape index (κ2) is 3.89. The number of nitrogens with zero attached hydrogens (tertiary/aromatic N) is 1. The van der Waals surface area contributed by atoms with E-state index in [4.69, 9.17) is 9.47 Å². The fourth-order valence-corrected chi connectivity index (χ4v) is 3.80. The molecule has 2 bridgehead atoms. The van der Waals surface area contributed by atoms with Crippen molar-refractivity contribution < 1.29 is 9.47 Å². The van der Waals surface area contributed by atoms with Crippen molar-refractivity contribution in [3.63, 3.8) is 0 Å². The van der Waals surface area contributed by atoms with Crippen LogP contribution in [-0.2, 0) is 6.54 Å². The predicted molar refractivity (Wildman–Crippen MR) is 69.0 cm³/mol. The summed E-state index contributed by atoms with van der Waals surface area (Å²) >= 11 is 0. The molecule has 3 heteroatoms. The molecule has 4 aliphatic rings. The molecule has 0 radical (unpaired) electrons. The van der Waals surface area contributed by atoms with Crippen molar-refractivity contribution in [1.29, 1.82) is 0 Å². The largest absolute Gasteiger partial charge is 0.454 e. The van der Waals surface area contributed by atoms with Gasteiger partial charge in [-0.2, -0.15) is 0 Å². The maximum absolute atomic E-state index is 5.54. The number of fused-ring (bicyclic) bond motifs is 3. The van der Waals surface area contributed by atoms with E-state index < -0.39 is 0 Å². The molecule has 18 heavy (non-hydrogen) atoms. The summed E-state index contributed by atoms with van der Waals surface area (Å²) in [6, 6.07) is 4.46. The molecule has 0 aromatic heterocycles. The standard InChI is InChI=1S/C15H19NO2/c1-2-10-7-16-4-3-12(10)13-6-15-14(17-9-18-15)5-11(13)8-16/h5-6,10,12H,2-4,7-9H2,1H3/t10-,12+/m1/s1. The summed E-state index contributed by atoms with van der Waals surface area (Å²) in [5.74, 6) is 3.41. The molecular formula is C15H19NO2. The highest BCUT2D eigenvalue weighted by Crippen LogP contribution is 2.45. The first-order valence-corrected chi connectivity index (χ1v) is 7.00. The molecule has 1 aromatic rings. The topological polar surface area (TPSA) is 21.7 Å². The van der Waals surface area contributed by atoms with Crippen LogP contribution < -0.4 is 9.47 Å². The van der Waals surface area contributed by atoms with Gasteiger partial charge >= 0.3 is 0 Å². The van der Waals surface area contributed by atoms with Gasteiger partial charge in [0.2, 0.25) is 6.79 Å². The lowest BCUT2D eigenvalue weighted by atomic mass is 9.79. The van der Waals surface area contributed by atoms with E-state index in [0.29, 0.717) is 6.79 Å². The first-order valence-electron chi connectivity index (χ1n) is 7.00. The Morgan fingerprint density at radius 3 is 2.94 bits per heavy atom. The van der Waals surface area contributed by atoms with Crippen LogP contribution in [0.1, 0.15) is 36.8 Å². The van der Waals surface area contributed by atoms with E-state index in [2.05, 4.69) is 24.0 Å². The fourth-order valence-electron chi connectivity index (χ4n) is 3.80. The van der Waals surface area contributed by atoms with Crippen LogP contribution in [0.2, 0.25) is 0 Å². The molecular weight excluding hydrogens is 226 g/mol. The summed E-state index contributed by atoms with van der Waals surface area (Å²) in [6.07, 6.45) is 2.57. The molecule has 5 rings (SSSR count). The van der Waals surface area contributed by atoms with Crippen LogP contribution in [0.3, 0.4) is 0 Å². The Kier molecular flexibility index (Phi) is 2.31. The van der Waals surface area contributed by atoms with E-state index in [-0.39, 0.29) is 0 Å². The average Bonchev–Trinajstić information content (AvgIpc) is 2.71. The Balaban J connectivity index is 1.83. The molecule has 1 saturated heterocycles. The predicted octanol–water partition coefficient (Wildman–Crippen LogP) is 2.74. The molecule has 1 aromatic carbocycles. The molecule has 0 spiro atoms. The first-order chi connectivity index (χ1) is 8.85. The maximum Gasteiger partial charge on any atom is 0.231 e. The number of piperidine rings is 1. The summed E-state index contributed by atoms with van der Waals surface area (Å²) < 4.78 is 11.1. The Labute approximate surface area is 108 Å². The molecule has 0 amide bonds. The Morgan fingerprint density at radius 2 is 2.11 bits per heavy atom. The quantitative estimate of drug-likeness (QED) is 0.759. The van der Waals surface area contributed by atoms with Gasteiger partial charge in [-0.1, -0.05) is 13.3 Å². The van der Waals surface area contributed by atoms with E-state index in [1.165, 1.54) is 37.1 Å². The van der Waals surface area contributed by atoms with Crippen LogP contribution in [0, 0.1) is 5.92 Å². The average molecular weight is 245 g/mol. The van der Waals surface area contributed by atoms with Crippen LogP contribution in [0.25, 0.3) is 0 Å². The molecule has 1 unspecified atom stereocenters.